The number of anilines is 5. The summed E-state index contributed by atoms with van der Waals surface area (Å²) in [5.74, 6) is 0. The van der Waals surface area contributed by atoms with E-state index in [1.54, 1.807) is 6.08 Å². The maximum absolute atomic E-state index is 3.94. The smallest absolute Gasteiger partial charge is 0.0462 e. The van der Waals surface area contributed by atoms with Crippen molar-refractivity contribution in [2.24, 2.45) is 0 Å². The fourth-order valence-electron chi connectivity index (χ4n) is 8.39. The molecule has 0 spiro atoms. The van der Waals surface area contributed by atoms with Crippen molar-refractivity contribution in [3.05, 3.63) is 248 Å². The van der Waals surface area contributed by atoms with Gasteiger partial charge in [0, 0.05) is 39.5 Å². The van der Waals surface area contributed by atoms with Gasteiger partial charge in [-0.25, -0.2) is 0 Å². The topological polar surface area (TPSA) is 6.48 Å². The molecule has 296 valence electrons. The predicted molar refractivity (Wildman–Crippen MR) is 259 cm³/mol. The molecule has 0 saturated heterocycles. The highest BCUT2D eigenvalue weighted by atomic mass is 15.1. The molecular weight excluding hydrogens is 713 g/mol. The van der Waals surface area contributed by atoms with E-state index in [0.29, 0.717) is 0 Å². The second-order valence-electron chi connectivity index (χ2n) is 14.8. The van der Waals surface area contributed by atoms with Gasteiger partial charge in [-0.05, 0) is 134 Å². The second kappa shape index (κ2) is 20.7. The summed E-state index contributed by atoms with van der Waals surface area (Å²) in [5.41, 5.74) is 14.0. The second-order valence-corrected chi connectivity index (χ2v) is 14.8. The zero-order chi connectivity index (χ0) is 41.5. The van der Waals surface area contributed by atoms with Crippen molar-refractivity contribution in [1.29, 1.82) is 0 Å². The van der Waals surface area contributed by atoms with Crippen molar-refractivity contribution in [2.75, 3.05) is 9.80 Å². The first-order valence-electron chi connectivity index (χ1n) is 20.9. The van der Waals surface area contributed by atoms with Crippen LogP contribution >= 0.6 is 0 Å². The summed E-state index contributed by atoms with van der Waals surface area (Å²) < 4.78 is 0. The highest BCUT2D eigenvalue weighted by Crippen LogP contribution is 2.47. The number of para-hydroxylation sites is 1. The number of rotatable bonds is 16. The highest BCUT2D eigenvalue weighted by molar-refractivity contribution is 5.81. The van der Waals surface area contributed by atoms with Crippen molar-refractivity contribution < 1.29 is 0 Å². The van der Waals surface area contributed by atoms with Crippen LogP contribution in [0.15, 0.2) is 226 Å². The summed E-state index contributed by atoms with van der Waals surface area (Å²) in [4.78, 5) is 4.67. The predicted octanol–water partition coefficient (Wildman–Crippen LogP) is 16.5. The fraction of sp³-hybridized carbons (Fsp3) is 0.158. The van der Waals surface area contributed by atoms with Crippen LogP contribution in [0.25, 0.3) is 11.1 Å². The minimum atomic E-state index is -0.0598. The summed E-state index contributed by atoms with van der Waals surface area (Å²) in [6, 6.07) is 47.0. The Kier molecular flexibility index (Phi) is 14.7. The summed E-state index contributed by atoms with van der Waals surface area (Å²) in [6.45, 7) is 17.9. The first-order chi connectivity index (χ1) is 29.0. The van der Waals surface area contributed by atoms with Gasteiger partial charge in [-0.1, -0.05) is 173 Å². The molecular formula is C57H58N2. The molecule has 0 aromatic heterocycles. The van der Waals surface area contributed by atoms with E-state index in [2.05, 4.69) is 214 Å². The van der Waals surface area contributed by atoms with E-state index in [1.807, 2.05) is 30.4 Å². The highest BCUT2D eigenvalue weighted by Gasteiger charge is 2.36. The Balaban J connectivity index is 1.36. The molecule has 0 N–H and O–H groups in total. The van der Waals surface area contributed by atoms with Crippen molar-refractivity contribution in [1.82, 2.24) is 0 Å². The zero-order valence-corrected chi connectivity index (χ0v) is 35.1. The van der Waals surface area contributed by atoms with E-state index in [9.17, 15) is 0 Å². The van der Waals surface area contributed by atoms with Gasteiger partial charge in [-0.2, -0.15) is 0 Å². The molecule has 5 aromatic rings. The zero-order valence-electron chi connectivity index (χ0n) is 35.1. The van der Waals surface area contributed by atoms with E-state index in [1.165, 1.54) is 41.5 Å². The molecule has 59 heavy (non-hydrogen) atoms. The lowest BCUT2D eigenvalue weighted by molar-refractivity contribution is 0.346. The number of hydrogen-bond acceptors (Lipinski definition) is 2. The van der Waals surface area contributed by atoms with Crippen LogP contribution in [0, 0.1) is 0 Å². The van der Waals surface area contributed by atoms with E-state index < -0.39 is 0 Å². The molecule has 0 bridgehead atoms. The average Bonchev–Trinajstić information content (AvgIpc) is 3.30. The first-order valence-corrected chi connectivity index (χ1v) is 20.9. The lowest BCUT2D eigenvalue weighted by atomic mass is 9.65. The molecule has 2 heteroatoms. The molecule has 1 fully saturated rings. The summed E-state index contributed by atoms with van der Waals surface area (Å²) in [6.07, 6.45) is 30.2. The number of benzene rings is 5. The number of hydrogen-bond donors (Lipinski definition) is 0. The van der Waals surface area contributed by atoms with Crippen LogP contribution in [0.5, 0.6) is 0 Å². The van der Waals surface area contributed by atoms with Gasteiger partial charge < -0.3 is 9.80 Å². The van der Waals surface area contributed by atoms with Crippen LogP contribution in [0.4, 0.5) is 28.4 Å². The molecule has 0 amide bonds. The Morgan fingerprint density at radius 2 is 0.983 bits per heavy atom. The van der Waals surface area contributed by atoms with Crippen LogP contribution < -0.4 is 9.80 Å². The SMILES string of the molecule is C=C/C=C\C(=C/C=C)c1ccc(N(c2ccccc2)c2ccc(C3(c4ccc(N(C(/C=C\C=C)=C/C)c5ccc(C(/C=C\C)=C/C)cc5)cc4)CCCCC3)cc2)cc1. The standard InChI is InChI=1S/C57H58N2/c1-7-13-23-46(22-10-4)48-29-37-54(38-30-48)59(52-25-17-15-18-26-52)56-41-33-50(34-42-56)57(43-19-16-20-44-57)49-31-39-55(40-32-49)58(51(12-6)24-14-8-2)53-35-27-47(28-36-53)45(11-5)21-9-3/h7-15,17-18,21-42H,1-2,4,16,19-20,43-44H2,3,5-6H3/b21-9-,23-13-,24-14-,45-11+,46-22+,51-12+. The molecule has 0 atom stereocenters. The third-order valence-electron chi connectivity index (χ3n) is 11.3. The Morgan fingerprint density at radius 3 is 1.49 bits per heavy atom. The number of allylic oxidation sites excluding steroid dienone is 14. The molecule has 1 aliphatic carbocycles. The first kappa shape index (κ1) is 42.0. The van der Waals surface area contributed by atoms with Crippen LogP contribution in [0.1, 0.15) is 75.1 Å². The molecule has 0 radical (unpaired) electrons. The molecule has 2 nitrogen and oxygen atoms in total. The van der Waals surface area contributed by atoms with Crippen molar-refractivity contribution in [3.63, 3.8) is 0 Å². The monoisotopic (exact) mass is 770 g/mol. The third kappa shape index (κ3) is 9.74. The van der Waals surface area contributed by atoms with Crippen LogP contribution in [0.3, 0.4) is 0 Å². The molecule has 1 saturated carbocycles. The minimum absolute atomic E-state index is 0.0598. The summed E-state index contributed by atoms with van der Waals surface area (Å²) in [5, 5.41) is 0. The summed E-state index contributed by atoms with van der Waals surface area (Å²) >= 11 is 0. The minimum Gasteiger partial charge on any atom is -0.311 e. The molecule has 5 aromatic carbocycles. The largest absolute Gasteiger partial charge is 0.311 e. The molecule has 0 heterocycles. The van der Waals surface area contributed by atoms with Crippen molar-refractivity contribution in [2.45, 2.75) is 58.3 Å². The van der Waals surface area contributed by atoms with Crippen LogP contribution in [-0.2, 0) is 5.41 Å². The Morgan fingerprint density at radius 1 is 0.492 bits per heavy atom. The Labute approximate surface area is 354 Å². The van der Waals surface area contributed by atoms with Gasteiger partial charge in [-0.15, -0.1) is 0 Å². The number of nitrogens with zero attached hydrogens (tertiary/aromatic N) is 2. The summed E-state index contributed by atoms with van der Waals surface area (Å²) in [7, 11) is 0. The van der Waals surface area contributed by atoms with E-state index in [0.717, 1.165) is 58.1 Å². The van der Waals surface area contributed by atoms with Gasteiger partial charge in [0.25, 0.3) is 0 Å². The maximum Gasteiger partial charge on any atom is 0.0462 e. The van der Waals surface area contributed by atoms with Gasteiger partial charge in [-0.3, -0.25) is 0 Å². The van der Waals surface area contributed by atoms with Crippen molar-refractivity contribution in [3.8, 4) is 0 Å². The van der Waals surface area contributed by atoms with E-state index in [4.69, 9.17) is 0 Å². The Bertz CT molecular complexity index is 2340. The normalized spacial score (nSPS) is 14.8. The van der Waals surface area contributed by atoms with Gasteiger partial charge >= 0.3 is 0 Å². The lowest BCUT2D eigenvalue weighted by Gasteiger charge is -2.39. The molecule has 1 aliphatic rings. The van der Waals surface area contributed by atoms with Gasteiger partial charge in [0.15, 0.2) is 0 Å². The molecule has 0 unspecified atom stereocenters. The molecule has 6 rings (SSSR count). The quantitative estimate of drug-likeness (QED) is 0.0922. The fourth-order valence-corrected chi connectivity index (χ4v) is 8.39. The van der Waals surface area contributed by atoms with Crippen molar-refractivity contribution >= 4 is 39.6 Å². The van der Waals surface area contributed by atoms with Gasteiger partial charge in [0.1, 0.15) is 0 Å². The van der Waals surface area contributed by atoms with E-state index in [-0.39, 0.29) is 5.41 Å². The lowest BCUT2D eigenvalue weighted by Crippen LogP contribution is -2.30. The van der Waals surface area contributed by atoms with Gasteiger partial charge in [0.2, 0.25) is 0 Å². The average molecular weight is 771 g/mol. The third-order valence-corrected chi connectivity index (χ3v) is 11.3. The maximum atomic E-state index is 3.94. The van der Waals surface area contributed by atoms with E-state index >= 15 is 0 Å². The van der Waals surface area contributed by atoms with Gasteiger partial charge in [0.05, 0.1) is 0 Å². The van der Waals surface area contributed by atoms with Crippen LogP contribution in [0.2, 0.25) is 0 Å². The molecule has 0 aliphatic heterocycles. The van der Waals surface area contributed by atoms with Crippen LogP contribution in [-0.4, -0.2) is 0 Å². The Hall–Kier alpha value is -6.64.